The van der Waals surface area contributed by atoms with Crippen LogP contribution in [0.3, 0.4) is 0 Å². The number of aliphatic hydroxyl groups is 1. The highest BCUT2D eigenvalue weighted by molar-refractivity contribution is 6.51. The summed E-state index contributed by atoms with van der Waals surface area (Å²) in [7, 11) is 0. The number of carbonyl (C=O) groups excluding carboxylic acids is 2. The highest BCUT2D eigenvalue weighted by atomic mass is 16.5. The van der Waals surface area contributed by atoms with Gasteiger partial charge in [0.1, 0.15) is 11.5 Å². The van der Waals surface area contributed by atoms with Gasteiger partial charge in [0.25, 0.3) is 11.7 Å². The molecule has 1 N–H and O–H groups in total. The van der Waals surface area contributed by atoms with Crippen molar-refractivity contribution in [3.63, 3.8) is 0 Å². The fourth-order valence-corrected chi connectivity index (χ4v) is 4.18. The Balaban J connectivity index is 1.92. The van der Waals surface area contributed by atoms with Gasteiger partial charge in [0.15, 0.2) is 0 Å². The molecular weight excluding hydrogens is 414 g/mol. The molecule has 4 rings (SSSR count). The highest BCUT2D eigenvalue weighted by Gasteiger charge is 2.47. The van der Waals surface area contributed by atoms with Crippen LogP contribution in [0, 0.1) is 13.8 Å². The highest BCUT2D eigenvalue weighted by Crippen LogP contribution is 2.42. The number of carbonyl (C=O) groups is 2. The van der Waals surface area contributed by atoms with Gasteiger partial charge >= 0.3 is 0 Å². The van der Waals surface area contributed by atoms with Gasteiger partial charge in [-0.15, -0.1) is 0 Å². The molecule has 3 aromatic rings. The minimum atomic E-state index is -0.749. The SMILES string of the molecule is Cc1cccc(C2/C(=C(\O)c3cccc(OC(C)C)c3)C(=O)C(=O)N2c2cccc(C)c2)c1. The summed E-state index contributed by atoms with van der Waals surface area (Å²) in [6.07, 6.45) is -0.0402. The van der Waals surface area contributed by atoms with Crippen molar-refractivity contribution in [1.29, 1.82) is 0 Å². The largest absolute Gasteiger partial charge is 0.507 e. The summed E-state index contributed by atoms with van der Waals surface area (Å²) in [6, 6.07) is 21.3. The predicted molar refractivity (Wildman–Crippen MR) is 129 cm³/mol. The van der Waals surface area contributed by atoms with Crippen molar-refractivity contribution < 1.29 is 19.4 Å². The van der Waals surface area contributed by atoms with E-state index < -0.39 is 17.7 Å². The first-order valence-corrected chi connectivity index (χ1v) is 11.0. The Morgan fingerprint density at radius 1 is 0.909 bits per heavy atom. The van der Waals surface area contributed by atoms with E-state index in [2.05, 4.69) is 0 Å². The Bertz CT molecular complexity index is 1260. The third-order valence-corrected chi connectivity index (χ3v) is 5.56. The number of hydrogen-bond donors (Lipinski definition) is 1. The maximum absolute atomic E-state index is 13.3. The number of rotatable bonds is 5. The molecule has 0 radical (unpaired) electrons. The lowest BCUT2D eigenvalue weighted by Gasteiger charge is -2.26. The summed E-state index contributed by atoms with van der Waals surface area (Å²) >= 11 is 0. The summed E-state index contributed by atoms with van der Waals surface area (Å²) in [5, 5.41) is 11.3. The van der Waals surface area contributed by atoms with Gasteiger partial charge in [-0.05, 0) is 63.1 Å². The maximum Gasteiger partial charge on any atom is 0.300 e. The Morgan fingerprint density at radius 2 is 1.58 bits per heavy atom. The van der Waals surface area contributed by atoms with Gasteiger partial charge in [-0.25, -0.2) is 0 Å². The van der Waals surface area contributed by atoms with Crippen LogP contribution in [0.4, 0.5) is 5.69 Å². The van der Waals surface area contributed by atoms with Crippen LogP contribution in [0.15, 0.2) is 78.4 Å². The molecule has 1 saturated heterocycles. The number of anilines is 1. The summed E-state index contributed by atoms with van der Waals surface area (Å²) in [6.45, 7) is 7.71. The van der Waals surface area contributed by atoms with E-state index in [4.69, 9.17) is 4.74 Å². The molecular formula is C28H27NO4. The van der Waals surface area contributed by atoms with Gasteiger partial charge in [-0.1, -0.05) is 54.1 Å². The molecule has 0 spiro atoms. The van der Waals surface area contributed by atoms with Crippen LogP contribution in [-0.2, 0) is 9.59 Å². The second kappa shape index (κ2) is 8.94. The Morgan fingerprint density at radius 3 is 2.24 bits per heavy atom. The van der Waals surface area contributed by atoms with Crippen LogP contribution >= 0.6 is 0 Å². The van der Waals surface area contributed by atoms with Crippen LogP contribution in [0.5, 0.6) is 5.75 Å². The van der Waals surface area contributed by atoms with Gasteiger partial charge in [0.2, 0.25) is 0 Å². The van der Waals surface area contributed by atoms with Gasteiger partial charge in [-0.2, -0.15) is 0 Å². The molecule has 0 bridgehead atoms. The van der Waals surface area contributed by atoms with Crippen molar-refractivity contribution in [3.8, 4) is 5.75 Å². The normalized spacial score (nSPS) is 17.6. The number of aliphatic hydroxyl groups excluding tert-OH is 1. The van der Waals surface area contributed by atoms with E-state index in [1.165, 1.54) is 4.90 Å². The lowest BCUT2D eigenvalue weighted by molar-refractivity contribution is -0.132. The maximum atomic E-state index is 13.3. The number of Topliss-reactive ketones (excluding diaryl/α,β-unsaturated/α-hetero) is 1. The quantitative estimate of drug-likeness (QED) is 0.313. The Kier molecular flexibility index (Phi) is 6.05. The molecule has 1 heterocycles. The van der Waals surface area contributed by atoms with E-state index in [0.717, 1.165) is 16.7 Å². The molecule has 1 aliphatic rings. The molecule has 1 aliphatic heterocycles. The van der Waals surface area contributed by atoms with Crippen molar-refractivity contribution in [2.75, 3.05) is 4.90 Å². The molecule has 3 aromatic carbocycles. The minimum absolute atomic E-state index is 0.0402. The summed E-state index contributed by atoms with van der Waals surface area (Å²) < 4.78 is 5.75. The molecule has 0 saturated carbocycles. The van der Waals surface area contributed by atoms with Crippen molar-refractivity contribution in [1.82, 2.24) is 0 Å². The van der Waals surface area contributed by atoms with Crippen molar-refractivity contribution >= 4 is 23.1 Å². The molecule has 0 aromatic heterocycles. The van der Waals surface area contributed by atoms with Crippen LogP contribution in [0.1, 0.15) is 42.1 Å². The van der Waals surface area contributed by atoms with Crippen LogP contribution in [0.2, 0.25) is 0 Å². The average molecular weight is 442 g/mol. The van der Waals surface area contributed by atoms with Crippen molar-refractivity contribution in [2.24, 2.45) is 0 Å². The zero-order chi connectivity index (χ0) is 23.7. The zero-order valence-electron chi connectivity index (χ0n) is 19.2. The van der Waals surface area contributed by atoms with E-state index in [1.807, 2.05) is 70.2 Å². The molecule has 5 heteroatoms. The van der Waals surface area contributed by atoms with Crippen molar-refractivity contribution in [2.45, 2.75) is 39.8 Å². The lowest BCUT2D eigenvalue weighted by atomic mass is 9.94. The van der Waals surface area contributed by atoms with E-state index in [0.29, 0.717) is 17.0 Å². The molecule has 1 fully saturated rings. The molecule has 1 unspecified atom stereocenters. The number of aryl methyl sites for hydroxylation is 2. The molecule has 5 nitrogen and oxygen atoms in total. The van der Waals surface area contributed by atoms with E-state index in [-0.39, 0.29) is 17.4 Å². The number of hydrogen-bond acceptors (Lipinski definition) is 4. The number of ether oxygens (including phenoxy) is 1. The average Bonchev–Trinajstić information content (AvgIpc) is 3.04. The Hall–Kier alpha value is -3.86. The first-order chi connectivity index (χ1) is 15.8. The van der Waals surface area contributed by atoms with Crippen molar-refractivity contribution in [3.05, 3.63) is 101 Å². The van der Waals surface area contributed by atoms with E-state index in [1.54, 1.807) is 30.3 Å². The van der Waals surface area contributed by atoms with E-state index >= 15 is 0 Å². The molecule has 0 aliphatic carbocycles. The molecule has 168 valence electrons. The third-order valence-electron chi connectivity index (χ3n) is 5.56. The molecule has 33 heavy (non-hydrogen) atoms. The fourth-order valence-electron chi connectivity index (χ4n) is 4.18. The topological polar surface area (TPSA) is 66.8 Å². The number of benzene rings is 3. The van der Waals surface area contributed by atoms with Crippen LogP contribution in [0.25, 0.3) is 5.76 Å². The lowest BCUT2D eigenvalue weighted by Crippen LogP contribution is -2.29. The standard InChI is InChI=1S/C28H27NO4/c1-17(2)33-23-13-7-11-21(16-23)26(30)24-25(20-10-5-8-18(3)14-20)29(28(32)27(24)31)22-12-6-9-19(4)15-22/h5-17,25,30H,1-4H3/b26-24+. The third kappa shape index (κ3) is 4.40. The monoisotopic (exact) mass is 441 g/mol. The van der Waals surface area contributed by atoms with Gasteiger partial charge in [0, 0.05) is 11.3 Å². The number of amides is 1. The van der Waals surface area contributed by atoms with Gasteiger partial charge < -0.3 is 9.84 Å². The summed E-state index contributed by atoms with van der Waals surface area (Å²) in [4.78, 5) is 28.0. The fraction of sp³-hybridized carbons (Fsp3) is 0.214. The summed E-state index contributed by atoms with van der Waals surface area (Å²) in [5.41, 5.74) is 3.82. The minimum Gasteiger partial charge on any atom is -0.507 e. The zero-order valence-corrected chi connectivity index (χ0v) is 19.2. The van der Waals surface area contributed by atoms with Gasteiger partial charge in [0.05, 0.1) is 17.7 Å². The first-order valence-electron chi connectivity index (χ1n) is 11.0. The number of nitrogens with zero attached hydrogens (tertiary/aromatic N) is 1. The van der Waals surface area contributed by atoms with Gasteiger partial charge in [-0.3, -0.25) is 14.5 Å². The molecule has 1 amide bonds. The first kappa shape index (κ1) is 22.3. The van der Waals surface area contributed by atoms with Crippen LogP contribution < -0.4 is 9.64 Å². The molecule has 1 atom stereocenters. The van der Waals surface area contributed by atoms with E-state index in [9.17, 15) is 14.7 Å². The second-order valence-corrected chi connectivity index (χ2v) is 8.62. The van der Waals surface area contributed by atoms with Crippen LogP contribution in [-0.4, -0.2) is 22.9 Å². The second-order valence-electron chi connectivity index (χ2n) is 8.62. The smallest absolute Gasteiger partial charge is 0.300 e. The predicted octanol–water partition coefficient (Wildman–Crippen LogP) is 5.72. The number of ketones is 1. The Labute approximate surface area is 193 Å². The summed E-state index contributed by atoms with van der Waals surface area (Å²) in [5.74, 6) is -1.02.